The average molecular weight is 441 g/mol. The van der Waals surface area contributed by atoms with Crippen molar-refractivity contribution in [3.8, 4) is 5.75 Å². The van der Waals surface area contributed by atoms with Gasteiger partial charge in [0.25, 0.3) is 0 Å². The van der Waals surface area contributed by atoms with Crippen LogP contribution < -0.4 is 15.4 Å². The third-order valence-corrected chi connectivity index (χ3v) is 3.29. The fourth-order valence-corrected chi connectivity index (χ4v) is 2.16. The summed E-state index contributed by atoms with van der Waals surface area (Å²) in [5, 5.41) is 6.22. The second-order valence-electron chi connectivity index (χ2n) is 4.94. The van der Waals surface area contributed by atoms with Gasteiger partial charge >= 0.3 is 0 Å². The molecule has 130 valence electrons. The van der Waals surface area contributed by atoms with Crippen LogP contribution in [0.5, 0.6) is 5.75 Å². The molecule has 2 rings (SSSR count). The summed E-state index contributed by atoms with van der Waals surface area (Å²) in [4.78, 5) is 4.08. The predicted octanol–water partition coefficient (Wildman–Crippen LogP) is 2.31. The molecule has 0 bridgehead atoms. The highest BCUT2D eigenvalue weighted by Crippen LogP contribution is 2.17. The lowest BCUT2D eigenvalue weighted by Crippen LogP contribution is -2.42. The first-order chi connectivity index (χ1) is 10.7. The lowest BCUT2D eigenvalue weighted by molar-refractivity contribution is 0.114. The van der Waals surface area contributed by atoms with Crippen molar-refractivity contribution >= 4 is 29.9 Å². The Morgan fingerprint density at radius 1 is 1.39 bits per heavy atom. The molecule has 1 atom stereocenters. The van der Waals surface area contributed by atoms with E-state index < -0.39 is 11.6 Å². The minimum Gasteiger partial charge on any atom is -0.489 e. The summed E-state index contributed by atoms with van der Waals surface area (Å²) in [5.41, 5.74) is 0. The van der Waals surface area contributed by atoms with Gasteiger partial charge < -0.3 is 20.1 Å². The SMILES string of the molecule is CN=C(NCCOc1ccc(F)cc1F)NCC1CCCO1.I. The molecule has 0 aliphatic carbocycles. The van der Waals surface area contributed by atoms with Crippen LogP contribution in [0.3, 0.4) is 0 Å². The smallest absolute Gasteiger partial charge is 0.191 e. The van der Waals surface area contributed by atoms with E-state index in [2.05, 4.69) is 15.6 Å². The molecule has 8 heteroatoms. The van der Waals surface area contributed by atoms with Crippen LogP contribution in [0.25, 0.3) is 0 Å². The van der Waals surface area contributed by atoms with Crippen LogP contribution in [0.15, 0.2) is 23.2 Å². The Kier molecular flexibility index (Phi) is 9.15. The molecule has 1 unspecified atom stereocenters. The molecule has 0 saturated carbocycles. The third-order valence-electron chi connectivity index (χ3n) is 3.29. The van der Waals surface area contributed by atoms with Gasteiger partial charge in [0.05, 0.1) is 12.6 Å². The van der Waals surface area contributed by atoms with E-state index >= 15 is 0 Å². The molecule has 23 heavy (non-hydrogen) atoms. The van der Waals surface area contributed by atoms with Crippen LogP contribution in [0.1, 0.15) is 12.8 Å². The largest absolute Gasteiger partial charge is 0.489 e. The van der Waals surface area contributed by atoms with Gasteiger partial charge in [0, 0.05) is 26.3 Å². The Hall–Kier alpha value is -1.16. The number of nitrogens with zero attached hydrogens (tertiary/aromatic N) is 1. The number of benzene rings is 1. The quantitative estimate of drug-likeness (QED) is 0.308. The molecule has 1 fully saturated rings. The van der Waals surface area contributed by atoms with Crippen molar-refractivity contribution in [2.24, 2.45) is 4.99 Å². The van der Waals surface area contributed by atoms with E-state index in [9.17, 15) is 8.78 Å². The molecule has 0 amide bonds. The number of rotatable bonds is 6. The minimum absolute atomic E-state index is 0. The summed E-state index contributed by atoms with van der Waals surface area (Å²) in [6.45, 7) is 2.20. The van der Waals surface area contributed by atoms with Gasteiger partial charge in [-0.2, -0.15) is 0 Å². The van der Waals surface area contributed by atoms with Crippen molar-refractivity contribution in [3.05, 3.63) is 29.8 Å². The normalized spacial score (nSPS) is 17.5. The number of ether oxygens (including phenoxy) is 2. The summed E-state index contributed by atoms with van der Waals surface area (Å²) < 4.78 is 36.9. The molecule has 1 saturated heterocycles. The monoisotopic (exact) mass is 441 g/mol. The molecule has 1 heterocycles. The van der Waals surface area contributed by atoms with E-state index in [1.807, 2.05) is 0 Å². The van der Waals surface area contributed by atoms with Gasteiger partial charge in [-0.3, -0.25) is 4.99 Å². The summed E-state index contributed by atoms with van der Waals surface area (Å²) in [5.74, 6) is -0.660. The van der Waals surface area contributed by atoms with E-state index in [0.29, 0.717) is 19.0 Å². The Bertz CT molecular complexity index is 511. The topological polar surface area (TPSA) is 54.9 Å². The van der Waals surface area contributed by atoms with Crippen molar-refractivity contribution in [2.45, 2.75) is 18.9 Å². The standard InChI is InChI=1S/C15H21F2N3O2.HI/c1-18-15(20-10-12-3-2-7-21-12)19-6-8-22-14-5-4-11(16)9-13(14)17;/h4-5,9,12H,2-3,6-8,10H2,1H3,(H2,18,19,20);1H. The molecule has 5 nitrogen and oxygen atoms in total. The molecule has 0 spiro atoms. The van der Waals surface area contributed by atoms with Gasteiger partial charge in [-0.15, -0.1) is 24.0 Å². The lowest BCUT2D eigenvalue weighted by atomic mass is 10.2. The lowest BCUT2D eigenvalue weighted by Gasteiger charge is -2.15. The maximum atomic E-state index is 13.4. The molecule has 1 aromatic rings. The van der Waals surface area contributed by atoms with E-state index in [1.54, 1.807) is 7.05 Å². The molecule has 1 aromatic carbocycles. The fourth-order valence-electron chi connectivity index (χ4n) is 2.16. The van der Waals surface area contributed by atoms with Crippen LogP contribution in [-0.4, -0.2) is 45.4 Å². The number of halogens is 3. The zero-order valence-electron chi connectivity index (χ0n) is 13.0. The Labute approximate surface area is 151 Å². The first-order valence-electron chi connectivity index (χ1n) is 7.33. The summed E-state index contributed by atoms with van der Waals surface area (Å²) in [6.07, 6.45) is 2.37. The molecular weight excluding hydrogens is 419 g/mol. The van der Waals surface area contributed by atoms with Crippen molar-refractivity contribution in [1.82, 2.24) is 10.6 Å². The maximum absolute atomic E-state index is 13.4. The number of nitrogens with one attached hydrogen (secondary N) is 2. The van der Waals surface area contributed by atoms with Crippen LogP contribution in [0.2, 0.25) is 0 Å². The second kappa shape index (κ2) is 10.6. The minimum atomic E-state index is -0.708. The molecule has 2 N–H and O–H groups in total. The zero-order valence-corrected chi connectivity index (χ0v) is 15.3. The highest BCUT2D eigenvalue weighted by atomic mass is 127. The van der Waals surface area contributed by atoms with E-state index in [1.165, 1.54) is 6.07 Å². The van der Waals surface area contributed by atoms with Crippen LogP contribution in [-0.2, 0) is 4.74 Å². The number of hydrogen-bond acceptors (Lipinski definition) is 3. The molecule has 1 aliphatic rings. The summed E-state index contributed by atoms with van der Waals surface area (Å²) in [7, 11) is 1.67. The second-order valence-corrected chi connectivity index (χ2v) is 4.94. The Morgan fingerprint density at radius 2 is 2.22 bits per heavy atom. The summed E-state index contributed by atoms with van der Waals surface area (Å²) >= 11 is 0. The Morgan fingerprint density at radius 3 is 2.87 bits per heavy atom. The van der Waals surface area contributed by atoms with E-state index in [4.69, 9.17) is 9.47 Å². The summed E-state index contributed by atoms with van der Waals surface area (Å²) in [6, 6.07) is 3.23. The molecule has 1 aliphatic heterocycles. The molecule has 0 aromatic heterocycles. The van der Waals surface area contributed by atoms with Crippen molar-refractivity contribution in [3.63, 3.8) is 0 Å². The predicted molar refractivity (Wildman–Crippen MR) is 95.6 cm³/mol. The van der Waals surface area contributed by atoms with Crippen LogP contribution in [0.4, 0.5) is 8.78 Å². The van der Waals surface area contributed by atoms with Gasteiger partial charge in [0.2, 0.25) is 0 Å². The maximum Gasteiger partial charge on any atom is 0.191 e. The van der Waals surface area contributed by atoms with Gasteiger partial charge in [0.1, 0.15) is 12.4 Å². The highest BCUT2D eigenvalue weighted by molar-refractivity contribution is 14.0. The van der Waals surface area contributed by atoms with Crippen molar-refractivity contribution < 1.29 is 18.3 Å². The van der Waals surface area contributed by atoms with Crippen LogP contribution in [0, 0.1) is 11.6 Å². The van der Waals surface area contributed by atoms with Gasteiger partial charge in [0.15, 0.2) is 17.5 Å². The van der Waals surface area contributed by atoms with E-state index in [0.717, 1.165) is 31.6 Å². The first kappa shape index (κ1) is 19.9. The first-order valence-corrected chi connectivity index (χ1v) is 7.33. The number of aliphatic imine (C=N–C) groups is 1. The zero-order chi connectivity index (χ0) is 15.8. The molecule has 0 radical (unpaired) electrons. The Balaban J connectivity index is 0.00000264. The van der Waals surface area contributed by atoms with Crippen molar-refractivity contribution in [1.29, 1.82) is 0 Å². The number of hydrogen-bond donors (Lipinski definition) is 2. The van der Waals surface area contributed by atoms with Crippen LogP contribution >= 0.6 is 24.0 Å². The third kappa shape index (κ3) is 6.86. The average Bonchev–Trinajstić information content (AvgIpc) is 3.01. The molecular formula is C15H22F2IN3O2. The number of guanidine groups is 1. The van der Waals surface area contributed by atoms with Gasteiger partial charge in [-0.05, 0) is 25.0 Å². The fraction of sp³-hybridized carbons (Fsp3) is 0.533. The van der Waals surface area contributed by atoms with E-state index in [-0.39, 0.29) is 42.4 Å². The van der Waals surface area contributed by atoms with Gasteiger partial charge in [-0.1, -0.05) is 0 Å². The van der Waals surface area contributed by atoms with Crippen molar-refractivity contribution in [2.75, 3.05) is 33.4 Å². The highest BCUT2D eigenvalue weighted by Gasteiger charge is 2.15. The van der Waals surface area contributed by atoms with Gasteiger partial charge in [-0.25, -0.2) is 8.78 Å².